The average molecular weight is 516 g/mol. The molecule has 3 aliphatic rings. The predicted molar refractivity (Wildman–Crippen MR) is 157 cm³/mol. The molecule has 1 aromatic carbocycles. The number of aromatic nitrogens is 1. The molecule has 1 aromatic heterocycles. The van der Waals surface area contributed by atoms with E-state index in [1.54, 1.807) is 0 Å². The number of para-hydroxylation sites is 1. The number of pyridine rings is 1. The molecule has 2 unspecified atom stereocenters. The molecular weight excluding hydrogens is 470 g/mol. The Labute approximate surface area is 228 Å². The molecule has 2 aromatic rings. The molecule has 1 heterocycles. The van der Waals surface area contributed by atoms with Crippen molar-refractivity contribution in [3.8, 4) is 0 Å². The highest BCUT2D eigenvalue weighted by Crippen LogP contribution is 2.52. The lowest BCUT2D eigenvalue weighted by Gasteiger charge is -2.47. The van der Waals surface area contributed by atoms with Crippen LogP contribution in [0.15, 0.2) is 47.6 Å². The topological polar surface area (TPSA) is 74.2 Å². The van der Waals surface area contributed by atoms with Crippen LogP contribution < -0.4 is 10.6 Å². The van der Waals surface area contributed by atoms with Gasteiger partial charge in [0.05, 0.1) is 10.9 Å². The Balaban J connectivity index is 1.04. The lowest BCUT2D eigenvalue weighted by molar-refractivity contribution is -0.148. The van der Waals surface area contributed by atoms with Crippen molar-refractivity contribution in [3.05, 3.63) is 58.8 Å². The molecule has 0 saturated heterocycles. The fraction of sp³-hybridized carbons (Fsp3) is 0.576. The quantitative estimate of drug-likeness (QED) is 0.218. The number of rotatable bonds is 11. The van der Waals surface area contributed by atoms with E-state index < -0.39 is 11.4 Å². The Morgan fingerprint density at radius 2 is 1.87 bits per heavy atom. The summed E-state index contributed by atoms with van der Waals surface area (Å²) in [5, 5.41) is 19.0. The minimum Gasteiger partial charge on any atom is -0.481 e. The van der Waals surface area contributed by atoms with Gasteiger partial charge in [0.1, 0.15) is 0 Å². The van der Waals surface area contributed by atoms with E-state index in [-0.39, 0.29) is 12.0 Å². The van der Waals surface area contributed by atoms with Crippen LogP contribution in [0.5, 0.6) is 0 Å². The highest BCUT2D eigenvalue weighted by Gasteiger charge is 2.51. The molecule has 0 spiro atoms. The van der Waals surface area contributed by atoms with E-state index in [2.05, 4.69) is 54.0 Å². The smallest absolute Gasteiger partial charge is 0.314 e. The lowest BCUT2D eigenvalue weighted by atomic mass is 9.58. The minimum absolute atomic E-state index is 0.270. The number of anilines is 1. The Morgan fingerprint density at radius 3 is 2.68 bits per heavy atom. The van der Waals surface area contributed by atoms with Crippen LogP contribution in [0.1, 0.15) is 89.3 Å². The summed E-state index contributed by atoms with van der Waals surface area (Å²) in [7, 11) is 0. The number of hydrogen-bond donors (Lipinski definition) is 3. The summed E-state index contributed by atoms with van der Waals surface area (Å²) in [6.45, 7) is 6.09. The largest absolute Gasteiger partial charge is 0.481 e. The Morgan fingerprint density at radius 1 is 1.11 bits per heavy atom. The first-order valence-electron chi connectivity index (χ1n) is 15.0. The van der Waals surface area contributed by atoms with Crippen LogP contribution in [-0.2, 0) is 17.6 Å². The molecule has 2 bridgehead atoms. The zero-order valence-electron chi connectivity index (χ0n) is 23.3. The third-order valence-electron chi connectivity index (χ3n) is 9.13. The number of carbonyl (C=O) groups is 1. The van der Waals surface area contributed by atoms with Gasteiger partial charge in [-0.1, -0.05) is 55.2 Å². The van der Waals surface area contributed by atoms with Gasteiger partial charge in [0, 0.05) is 35.3 Å². The van der Waals surface area contributed by atoms with Gasteiger partial charge in [-0.2, -0.15) is 0 Å². The molecule has 5 heteroatoms. The van der Waals surface area contributed by atoms with Crippen LogP contribution in [0.3, 0.4) is 0 Å². The molecule has 5 nitrogen and oxygen atoms in total. The van der Waals surface area contributed by atoms with Gasteiger partial charge < -0.3 is 15.7 Å². The molecule has 1 fully saturated rings. The van der Waals surface area contributed by atoms with Crippen LogP contribution in [0.4, 0.5) is 5.69 Å². The standard InChI is InChI=1S/C33H45N3O2/c1-3-28-24-19-23(2)21-33(28,32(37)38)22-25(20-24)34-17-11-5-4-6-12-18-35-31-26-13-7-9-15-29(26)36-30-16-10-8-14-27(30)31/h3,7,9,13,15,19,24-25,34H,4-6,8,10-12,14,16-18,20-22H2,1-2H3,(H,35,36)(H,37,38)/t24?,25?,33-/m0/s1. The minimum atomic E-state index is -0.708. The number of carboxylic acids is 1. The molecule has 0 amide bonds. The number of unbranched alkanes of at least 4 members (excludes halogenated alkanes) is 4. The van der Waals surface area contributed by atoms with E-state index >= 15 is 0 Å². The Hall–Kier alpha value is -2.66. The summed E-state index contributed by atoms with van der Waals surface area (Å²) < 4.78 is 0. The Bertz CT molecular complexity index is 1220. The van der Waals surface area contributed by atoms with Gasteiger partial charge >= 0.3 is 5.97 Å². The number of aliphatic carboxylic acids is 1. The van der Waals surface area contributed by atoms with Gasteiger partial charge in [-0.3, -0.25) is 9.78 Å². The summed E-state index contributed by atoms with van der Waals surface area (Å²) >= 11 is 0. The third kappa shape index (κ3) is 5.54. The van der Waals surface area contributed by atoms with Crippen molar-refractivity contribution in [1.29, 1.82) is 0 Å². The van der Waals surface area contributed by atoms with Gasteiger partial charge in [0.15, 0.2) is 0 Å². The number of nitrogens with one attached hydrogen (secondary N) is 2. The molecule has 0 radical (unpaired) electrons. The third-order valence-corrected chi connectivity index (χ3v) is 9.13. The maximum atomic E-state index is 12.4. The number of fused-ring (bicyclic) bond motifs is 4. The first-order valence-corrected chi connectivity index (χ1v) is 15.0. The van der Waals surface area contributed by atoms with Crippen LogP contribution in [-0.4, -0.2) is 35.2 Å². The van der Waals surface area contributed by atoms with Crippen molar-refractivity contribution in [2.75, 3.05) is 18.4 Å². The fourth-order valence-electron chi connectivity index (χ4n) is 7.43. The highest BCUT2D eigenvalue weighted by atomic mass is 16.4. The molecule has 3 atom stereocenters. The zero-order valence-corrected chi connectivity index (χ0v) is 23.3. The van der Waals surface area contributed by atoms with E-state index in [9.17, 15) is 9.90 Å². The predicted octanol–water partition coefficient (Wildman–Crippen LogP) is 7.21. The maximum Gasteiger partial charge on any atom is 0.314 e. The van der Waals surface area contributed by atoms with Crippen molar-refractivity contribution in [2.24, 2.45) is 11.3 Å². The van der Waals surface area contributed by atoms with Crippen LogP contribution in [0.2, 0.25) is 0 Å². The Kier molecular flexibility index (Phi) is 8.52. The van der Waals surface area contributed by atoms with Crippen molar-refractivity contribution in [1.82, 2.24) is 10.3 Å². The van der Waals surface area contributed by atoms with Gasteiger partial charge in [-0.15, -0.1) is 0 Å². The summed E-state index contributed by atoms with van der Waals surface area (Å²) in [5.41, 5.74) is 6.85. The summed E-state index contributed by atoms with van der Waals surface area (Å²) in [5.74, 6) is -0.379. The first kappa shape index (κ1) is 26.9. The number of hydrogen-bond acceptors (Lipinski definition) is 4. The number of nitrogens with zero attached hydrogens (tertiary/aromatic N) is 1. The molecule has 204 valence electrons. The second-order valence-electron chi connectivity index (χ2n) is 11.8. The summed E-state index contributed by atoms with van der Waals surface area (Å²) in [6.07, 6.45) is 17.6. The van der Waals surface area contributed by atoms with E-state index in [0.29, 0.717) is 12.8 Å². The van der Waals surface area contributed by atoms with Crippen molar-refractivity contribution in [2.45, 2.75) is 96.9 Å². The van der Waals surface area contributed by atoms with Crippen molar-refractivity contribution in [3.63, 3.8) is 0 Å². The monoisotopic (exact) mass is 515 g/mol. The molecule has 3 aliphatic carbocycles. The van der Waals surface area contributed by atoms with Gasteiger partial charge in [-0.05, 0) is 95.4 Å². The normalized spacial score (nSPS) is 25.7. The van der Waals surface area contributed by atoms with Gasteiger partial charge in [0.25, 0.3) is 0 Å². The molecular formula is C33H45N3O2. The first-order chi connectivity index (χ1) is 18.5. The molecule has 0 aliphatic heterocycles. The lowest BCUT2D eigenvalue weighted by Crippen LogP contribution is -2.50. The maximum absolute atomic E-state index is 12.4. The SMILES string of the molecule is CC=C1C2C=C(C)C[C@]1(C(=O)O)CC(NCCCCCCCNc1c3c(nc4ccccc14)CCCC3)C2. The molecule has 3 N–H and O–H groups in total. The second kappa shape index (κ2) is 12.0. The van der Waals surface area contributed by atoms with Crippen LogP contribution >= 0.6 is 0 Å². The number of carboxylic acid groups (broad SMARTS) is 1. The zero-order chi connectivity index (χ0) is 26.5. The van der Waals surface area contributed by atoms with Crippen molar-refractivity contribution < 1.29 is 9.90 Å². The van der Waals surface area contributed by atoms with E-state index in [4.69, 9.17) is 4.98 Å². The van der Waals surface area contributed by atoms with Crippen molar-refractivity contribution >= 4 is 22.6 Å². The average Bonchev–Trinajstić information content (AvgIpc) is 2.90. The van der Waals surface area contributed by atoms with E-state index in [1.165, 1.54) is 66.4 Å². The number of benzene rings is 1. The van der Waals surface area contributed by atoms with Gasteiger partial charge in [0.2, 0.25) is 0 Å². The highest BCUT2D eigenvalue weighted by molar-refractivity contribution is 5.93. The summed E-state index contributed by atoms with van der Waals surface area (Å²) in [6, 6.07) is 8.85. The molecule has 38 heavy (non-hydrogen) atoms. The summed E-state index contributed by atoms with van der Waals surface area (Å²) in [4.78, 5) is 17.3. The van der Waals surface area contributed by atoms with E-state index in [1.807, 2.05) is 6.92 Å². The van der Waals surface area contributed by atoms with Crippen LogP contribution in [0.25, 0.3) is 10.9 Å². The molecule has 5 rings (SSSR count). The van der Waals surface area contributed by atoms with E-state index in [0.717, 1.165) is 49.9 Å². The van der Waals surface area contributed by atoms with Crippen LogP contribution in [0, 0.1) is 11.3 Å². The fourth-order valence-corrected chi connectivity index (χ4v) is 7.43. The molecule has 1 saturated carbocycles. The second-order valence-corrected chi connectivity index (χ2v) is 11.8. The number of aryl methyl sites for hydroxylation is 1. The van der Waals surface area contributed by atoms with Gasteiger partial charge in [-0.25, -0.2) is 0 Å². The number of allylic oxidation sites excluding steroid dienone is 3.